The Bertz CT molecular complexity index is 631. The first kappa shape index (κ1) is 12.2. The molecule has 0 bridgehead atoms. The fraction of sp³-hybridized carbons (Fsp3) is 0.111. The van der Waals surface area contributed by atoms with Crippen molar-refractivity contribution in [2.24, 2.45) is 0 Å². The van der Waals surface area contributed by atoms with Gasteiger partial charge in [-0.2, -0.15) is 5.10 Å². The average Bonchev–Trinajstić information content (AvgIpc) is 2.39. The number of rotatable bonds is 4. The van der Waals surface area contributed by atoms with Crippen molar-refractivity contribution >= 4 is 21.7 Å². The Morgan fingerprint density at radius 1 is 1.22 bits per heavy atom. The van der Waals surface area contributed by atoms with Crippen molar-refractivity contribution in [3.8, 4) is 0 Å². The second-order valence-electron chi connectivity index (χ2n) is 3.19. The molecule has 18 heavy (non-hydrogen) atoms. The highest BCUT2D eigenvalue weighted by molar-refractivity contribution is 7.92. The molecule has 0 aliphatic carbocycles. The zero-order valence-electron chi connectivity index (χ0n) is 9.40. The molecule has 0 atom stereocenters. The molecule has 2 aromatic heterocycles. The number of hydrogen-bond acceptors (Lipinski definition) is 7. The minimum absolute atomic E-state index is 0.0138. The van der Waals surface area contributed by atoms with Crippen LogP contribution in [0.15, 0.2) is 35.7 Å². The van der Waals surface area contributed by atoms with Crippen LogP contribution in [0.2, 0.25) is 0 Å². The molecule has 0 spiro atoms. The van der Waals surface area contributed by atoms with Gasteiger partial charge in [0.05, 0.1) is 18.1 Å². The third-order valence-corrected chi connectivity index (χ3v) is 3.41. The predicted molar refractivity (Wildman–Crippen MR) is 64.4 cm³/mol. The van der Waals surface area contributed by atoms with E-state index in [2.05, 4.69) is 30.2 Å². The van der Waals surface area contributed by atoms with Gasteiger partial charge < -0.3 is 5.32 Å². The van der Waals surface area contributed by atoms with E-state index >= 15 is 0 Å². The predicted octanol–water partition coefficient (Wildman–Crippen LogP) is 0.109. The molecule has 0 aliphatic heterocycles. The van der Waals surface area contributed by atoms with E-state index in [1.165, 1.54) is 24.8 Å². The summed E-state index contributed by atoms with van der Waals surface area (Å²) in [6.45, 7) is 0. The molecule has 9 heteroatoms. The van der Waals surface area contributed by atoms with Crippen molar-refractivity contribution in [2.75, 3.05) is 17.1 Å². The van der Waals surface area contributed by atoms with Crippen molar-refractivity contribution in [3.63, 3.8) is 0 Å². The van der Waals surface area contributed by atoms with Crippen molar-refractivity contribution in [1.29, 1.82) is 0 Å². The van der Waals surface area contributed by atoms with Crippen molar-refractivity contribution in [3.05, 3.63) is 30.9 Å². The highest BCUT2D eigenvalue weighted by atomic mass is 32.2. The zero-order valence-corrected chi connectivity index (χ0v) is 10.2. The summed E-state index contributed by atoms with van der Waals surface area (Å²) in [6, 6.07) is 1.55. The average molecular weight is 266 g/mol. The quantitative estimate of drug-likeness (QED) is 0.808. The molecule has 2 N–H and O–H groups in total. The zero-order chi connectivity index (χ0) is 13.0. The normalized spacial score (nSPS) is 10.9. The third kappa shape index (κ3) is 2.51. The van der Waals surface area contributed by atoms with E-state index < -0.39 is 10.0 Å². The Morgan fingerprint density at radius 3 is 2.72 bits per heavy atom. The van der Waals surface area contributed by atoms with Crippen LogP contribution in [-0.2, 0) is 10.0 Å². The summed E-state index contributed by atoms with van der Waals surface area (Å²) in [4.78, 5) is 7.54. The van der Waals surface area contributed by atoms with Gasteiger partial charge in [0.25, 0.3) is 16.0 Å². The summed E-state index contributed by atoms with van der Waals surface area (Å²) < 4.78 is 26.4. The van der Waals surface area contributed by atoms with Gasteiger partial charge in [-0.15, -0.1) is 5.10 Å². The SMILES string of the molecule is CNc1ccncc1S(=O)(=O)Nc1nccnn1. The molecule has 2 heterocycles. The molecule has 0 aliphatic rings. The maximum atomic E-state index is 12.1. The van der Waals surface area contributed by atoms with Crippen LogP contribution in [0.1, 0.15) is 0 Å². The fourth-order valence-electron chi connectivity index (χ4n) is 1.27. The summed E-state index contributed by atoms with van der Waals surface area (Å²) in [5.41, 5.74) is 0.432. The van der Waals surface area contributed by atoms with Gasteiger partial charge in [-0.05, 0) is 6.07 Å². The van der Waals surface area contributed by atoms with Crippen LogP contribution in [-0.4, -0.2) is 35.6 Å². The standard InChI is InChI=1S/C9H10N6O2S/c1-10-7-2-3-11-6-8(7)18(16,17)15-9-12-4-5-13-14-9/h2-6H,1H3,(H,10,11)(H,12,14,15). The van der Waals surface area contributed by atoms with Crippen molar-refractivity contribution < 1.29 is 8.42 Å². The van der Waals surface area contributed by atoms with Gasteiger partial charge in [-0.25, -0.2) is 18.1 Å². The first-order valence-corrected chi connectivity index (χ1v) is 6.40. The Labute approximate surface area is 104 Å². The van der Waals surface area contributed by atoms with E-state index in [1.54, 1.807) is 13.1 Å². The van der Waals surface area contributed by atoms with E-state index in [0.29, 0.717) is 5.69 Å². The molecular weight excluding hydrogens is 256 g/mol. The summed E-state index contributed by atoms with van der Waals surface area (Å²) in [7, 11) is -2.18. The maximum Gasteiger partial charge on any atom is 0.267 e. The summed E-state index contributed by atoms with van der Waals surface area (Å²) in [5.74, 6) is -0.0941. The minimum Gasteiger partial charge on any atom is -0.387 e. The summed E-state index contributed by atoms with van der Waals surface area (Å²) in [5, 5.41) is 9.86. The van der Waals surface area contributed by atoms with Crippen LogP contribution in [0.3, 0.4) is 0 Å². The molecular formula is C9H10N6O2S. The molecule has 2 aromatic rings. The summed E-state index contributed by atoms with van der Waals surface area (Å²) in [6.07, 6.45) is 5.42. The van der Waals surface area contributed by atoms with Gasteiger partial charge in [0.15, 0.2) is 0 Å². The molecule has 0 amide bonds. The van der Waals surface area contributed by atoms with E-state index in [1.807, 2.05) is 0 Å². The van der Waals surface area contributed by atoms with E-state index in [4.69, 9.17) is 0 Å². The Morgan fingerprint density at radius 2 is 2.06 bits per heavy atom. The number of nitrogens with zero attached hydrogens (tertiary/aromatic N) is 4. The lowest BCUT2D eigenvalue weighted by molar-refractivity contribution is 0.600. The van der Waals surface area contributed by atoms with Gasteiger partial charge in [0.2, 0.25) is 0 Å². The van der Waals surface area contributed by atoms with Gasteiger partial charge in [-0.1, -0.05) is 0 Å². The van der Waals surface area contributed by atoms with Gasteiger partial charge in [-0.3, -0.25) is 4.98 Å². The molecule has 0 aromatic carbocycles. The molecule has 8 nitrogen and oxygen atoms in total. The Balaban J connectivity index is 2.37. The lowest BCUT2D eigenvalue weighted by Crippen LogP contribution is -2.17. The van der Waals surface area contributed by atoms with Gasteiger partial charge in [0, 0.05) is 19.4 Å². The van der Waals surface area contributed by atoms with Crippen LogP contribution in [0.4, 0.5) is 11.6 Å². The molecule has 0 unspecified atom stereocenters. The highest BCUT2D eigenvalue weighted by Gasteiger charge is 2.19. The second kappa shape index (κ2) is 4.92. The van der Waals surface area contributed by atoms with E-state index in [-0.39, 0.29) is 10.8 Å². The van der Waals surface area contributed by atoms with E-state index in [0.717, 1.165) is 0 Å². The fourth-order valence-corrected chi connectivity index (χ4v) is 2.37. The van der Waals surface area contributed by atoms with Crippen LogP contribution >= 0.6 is 0 Å². The largest absolute Gasteiger partial charge is 0.387 e. The first-order valence-electron chi connectivity index (χ1n) is 4.92. The number of hydrogen-bond donors (Lipinski definition) is 2. The minimum atomic E-state index is -3.80. The van der Waals surface area contributed by atoms with Crippen LogP contribution in [0.25, 0.3) is 0 Å². The maximum absolute atomic E-state index is 12.1. The Hall–Kier alpha value is -2.29. The third-order valence-electron chi connectivity index (χ3n) is 2.05. The topological polar surface area (TPSA) is 110 Å². The molecule has 0 saturated carbocycles. The number of sulfonamides is 1. The lowest BCUT2D eigenvalue weighted by Gasteiger charge is -2.09. The van der Waals surface area contributed by atoms with Gasteiger partial charge >= 0.3 is 0 Å². The lowest BCUT2D eigenvalue weighted by atomic mass is 10.4. The smallest absolute Gasteiger partial charge is 0.267 e. The van der Waals surface area contributed by atoms with Crippen LogP contribution in [0, 0.1) is 0 Å². The number of anilines is 2. The number of nitrogens with one attached hydrogen (secondary N) is 2. The van der Waals surface area contributed by atoms with Crippen LogP contribution in [0.5, 0.6) is 0 Å². The molecule has 0 radical (unpaired) electrons. The second-order valence-corrected chi connectivity index (χ2v) is 4.84. The Kier molecular flexibility index (Phi) is 3.33. The molecule has 2 rings (SSSR count). The van der Waals surface area contributed by atoms with Gasteiger partial charge in [0.1, 0.15) is 4.90 Å². The monoisotopic (exact) mass is 266 g/mol. The van der Waals surface area contributed by atoms with Crippen LogP contribution < -0.4 is 10.0 Å². The van der Waals surface area contributed by atoms with E-state index in [9.17, 15) is 8.42 Å². The summed E-state index contributed by atoms with van der Waals surface area (Å²) >= 11 is 0. The molecule has 0 fully saturated rings. The van der Waals surface area contributed by atoms with Crippen molar-refractivity contribution in [1.82, 2.24) is 20.2 Å². The number of pyridine rings is 1. The highest BCUT2D eigenvalue weighted by Crippen LogP contribution is 2.20. The number of aromatic nitrogens is 4. The van der Waals surface area contributed by atoms with Crippen molar-refractivity contribution in [2.45, 2.75) is 4.90 Å². The molecule has 94 valence electrons. The molecule has 0 saturated heterocycles. The first-order chi connectivity index (χ1) is 8.63.